The van der Waals surface area contributed by atoms with Crippen molar-refractivity contribution in [1.29, 1.82) is 0 Å². The molecule has 0 amide bonds. The Morgan fingerprint density at radius 3 is 2.70 bits per heavy atom. The van der Waals surface area contributed by atoms with Gasteiger partial charge in [0.05, 0.1) is 0 Å². The molecular formula is C18H15ClO. The van der Waals surface area contributed by atoms with Crippen molar-refractivity contribution in [2.45, 2.75) is 19.3 Å². The summed E-state index contributed by atoms with van der Waals surface area (Å²) >= 11 is 6.00. The van der Waals surface area contributed by atoms with Crippen molar-refractivity contribution < 1.29 is 4.79 Å². The summed E-state index contributed by atoms with van der Waals surface area (Å²) in [6.07, 6.45) is 4.76. The highest BCUT2D eigenvalue weighted by Crippen LogP contribution is 2.26. The lowest BCUT2D eigenvalue weighted by Gasteiger charge is -2.05. The number of halogens is 1. The van der Waals surface area contributed by atoms with E-state index in [9.17, 15) is 4.79 Å². The highest BCUT2D eigenvalue weighted by Gasteiger charge is 2.19. The first kappa shape index (κ1) is 13.1. The molecule has 0 saturated carbocycles. The predicted molar refractivity (Wildman–Crippen MR) is 83.1 cm³/mol. The normalized spacial score (nSPS) is 16.9. The van der Waals surface area contributed by atoms with Crippen LogP contribution in [0.3, 0.4) is 0 Å². The number of aryl methyl sites for hydroxylation is 1. The molecule has 2 heteroatoms. The van der Waals surface area contributed by atoms with E-state index in [0.717, 1.165) is 41.5 Å². The molecule has 1 aliphatic carbocycles. The zero-order chi connectivity index (χ0) is 13.9. The Balaban J connectivity index is 2.01. The van der Waals surface area contributed by atoms with E-state index in [1.807, 2.05) is 48.5 Å². The van der Waals surface area contributed by atoms with E-state index in [1.54, 1.807) is 0 Å². The van der Waals surface area contributed by atoms with Gasteiger partial charge < -0.3 is 0 Å². The fourth-order valence-corrected chi connectivity index (χ4v) is 2.85. The topological polar surface area (TPSA) is 17.1 Å². The van der Waals surface area contributed by atoms with Gasteiger partial charge in [0, 0.05) is 16.2 Å². The van der Waals surface area contributed by atoms with Crippen LogP contribution in [0.15, 0.2) is 54.1 Å². The van der Waals surface area contributed by atoms with E-state index >= 15 is 0 Å². The van der Waals surface area contributed by atoms with E-state index in [4.69, 9.17) is 11.6 Å². The second kappa shape index (κ2) is 5.64. The van der Waals surface area contributed by atoms with Crippen LogP contribution in [0.1, 0.15) is 34.3 Å². The molecule has 100 valence electrons. The van der Waals surface area contributed by atoms with Gasteiger partial charge in [0.1, 0.15) is 0 Å². The molecule has 0 radical (unpaired) electrons. The predicted octanol–water partition coefficient (Wildman–Crippen LogP) is 4.94. The van der Waals surface area contributed by atoms with Crippen LogP contribution >= 0.6 is 11.6 Å². The first-order valence-electron chi connectivity index (χ1n) is 6.83. The number of allylic oxidation sites excluding steroid dienone is 1. The van der Waals surface area contributed by atoms with Crippen molar-refractivity contribution in [1.82, 2.24) is 0 Å². The minimum Gasteiger partial charge on any atom is -0.289 e. The molecule has 0 saturated heterocycles. The van der Waals surface area contributed by atoms with E-state index in [-0.39, 0.29) is 5.78 Å². The minimum atomic E-state index is 0.151. The SMILES string of the molecule is O=C1/C(=C/c2cccc(Cl)c2)CCCc2ccccc21. The molecule has 2 aromatic rings. The van der Waals surface area contributed by atoms with Crippen LogP contribution in [0.25, 0.3) is 6.08 Å². The van der Waals surface area contributed by atoms with Gasteiger partial charge in [0.25, 0.3) is 0 Å². The lowest BCUT2D eigenvalue weighted by molar-refractivity contribution is 0.103. The first-order chi connectivity index (χ1) is 9.74. The molecule has 20 heavy (non-hydrogen) atoms. The number of fused-ring (bicyclic) bond motifs is 1. The smallest absolute Gasteiger partial charge is 0.189 e. The number of rotatable bonds is 1. The second-order valence-electron chi connectivity index (χ2n) is 5.06. The van der Waals surface area contributed by atoms with Gasteiger partial charge in [-0.3, -0.25) is 4.79 Å². The molecule has 2 aromatic carbocycles. The van der Waals surface area contributed by atoms with E-state index in [2.05, 4.69) is 6.07 Å². The Morgan fingerprint density at radius 1 is 1.00 bits per heavy atom. The van der Waals surface area contributed by atoms with Crippen molar-refractivity contribution in [3.63, 3.8) is 0 Å². The highest BCUT2D eigenvalue weighted by atomic mass is 35.5. The lowest BCUT2D eigenvalue weighted by atomic mass is 9.98. The summed E-state index contributed by atoms with van der Waals surface area (Å²) in [6.45, 7) is 0. The van der Waals surface area contributed by atoms with E-state index < -0.39 is 0 Å². The Morgan fingerprint density at radius 2 is 1.85 bits per heavy atom. The Bertz CT molecular complexity index is 685. The Kier molecular flexibility index (Phi) is 3.70. The van der Waals surface area contributed by atoms with Crippen LogP contribution in [0, 0.1) is 0 Å². The number of hydrogen-bond donors (Lipinski definition) is 0. The maximum Gasteiger partial charge on any atom is 0.189 e. The number of carbonyl (C=O) groups is 1. The van der Waals surface area contributed by atoms with Crippen LogP contribution in [0.4, 0.5) is 0 Å². The summed E-state index contributed by atoms with van der Waals surface area (Å²) in [5.74, 6) is 0.151. The average molecular weight is 283 g/mol. The molecule has 3 rings (SSSR count). The van der Waals surface area contributed by atoms with Gasteiger partial charge in [0.2, 0.25) is 0 Å². The largest absolute Gasteiger partial charge is 0.289 e. The van der Waals surface area contributed by atoms with Crippen molar-refractivity contribution >= 4 is 23.5 Å². The maximum absolute atomic E-state index is 12.6. The van der Waals surface area contributed by atoms with Crippen LogP contribution < -0.4 is 0 Å². The summed E-state index contributed by atoms with van der Waals surface area (Å²) in [5, 5.41) is 0.695. The van der Waals surface area contributed by atoms with Gasteiger partial charge in [0.15, 0.2) is 5.78 Å². The zero-order valence-corrected chi connectivity index (χ0v) is 11.9. The van der Waals surface area contributed by atoms with Crippen LogP contribution in [-0.2, 0) is 6.42 Å². The summed E-state index contributed by atoms with van der Waals surface area (Å²) in [7, 11) is 0. The molecule has 0 atom stereocenters. The van der Waals surface area contributed by atoms with Crippen molar-refractivity contribution in [3.05, 3.63) is 75.8 Å². The van der Waals surface area contributed by atoms with Crippen LogP contribution in [-0.4, -0.2) is 5.78 Å². The summed E-state index contributed by atoms with van der Waals surface area (Å²) in [6, 6.07) is 15.5. The van der Waals surface area contributed by atoms with Gasteiger partial charge in [-0.15, -0.1) is 0 Å². The van der Waals surface area contributed by atoms with Crippen LogP contribution in [0.2, 0.25) is 5.02 Å². The molecule has 0 fully saturated rings. The van der Waals surface area contributed by atoms with E-state index in [0.29, 0.717) is 5.02 Å². The van der Waals surface area contributed by atoms with Gasteiger partial charge in [-0.1, -0.05) is 48.0 Å². The molecule has 0 N–H and O–H groups in total. The van der Waals surface area contributed by atoms with E-state index in [1.165, 1.54) is 0 Å². The average Bonchev–Trinajstić information content (AvgIpc) is 2.60. The molecular weight excluding hydrogens is 268 g/mol. The van der Waals surface area contributed by atoms with Gasteiger partial charge in [-0.05, 0) is 48.6 Å². The number of Topliss-reactive ketones (excluding diaryl/α,β-unsaturated/α-hetero) is 1. The van der Waals surface area contributed by atoms with Gasteiger partial charge in [-0.2, -0.15) is 0 Å². The standard InChI is InChI=1S/C18H15ClO/c19-16-9-3-5-13(12-16)11-15-8-4-7-14-6-1-2-10-17(14)18(15)20/h1-3,5-6,9-12H,4,7-8H2/b15-11+. The van der Waals surface area contributed by atoms with Gasteiger partial charge >= 0.3 is 0 Å². The molecule has 1 aliphatic rings. The number of benzene rings is 2. The molecule has 1 nitrogen and oxygen atoms in total. The van der Waals surface area contributed by atoms with Crippen molar-refractivity contribution in [2.24, 2.45) is 0 Å². The summed E-state index contributed by atoms with van der Waals surface area (Å²) < 4.78 is 0. The zero-order valence-electron chi connectivity index (χ0n) is 11.1. The fourth-order valence-electron chi connectivity index (χ4n) is 2.65. The quantitative estimate of drug-likeness (QED) is 0.535. The van der Waals surface area contributed by atoms with Crippen molar-refractivity contribution in [2.75, 3.05) is 0 Å². The van der Waals surface area contributed by atoms with Gasteiger partial charge in [-0.25, -0.2) is 0 Å². The number of hydrogen-bond acceptors (Lipinski definition) is 1. The van der Waals surface area contributed by atoms with Crippen LogP contribution in [0.5, 0.6) is 0 Å². The summed E-state index contributed by atoms with van der Waals surface area (Å²) in [5.41, 5.74) is 3.86. The molecule has 0 aromatic heterocycles. The van der Waals surface area contributed by atoms with Crippen molar-refractivity contribution in [3.8, 4) is 0 Å². The maximum atomic E-state index is 12.6. The highest BCUT2D eigenvalue weighted by molar-refractivity contribution is 6.30. The number of carbonyl (C=O) groups excluding carboxylic acids is 1. The molecule has 0 unspecified atom stereocenters. The number of ketones is 1. The fraction of sp³-hybridized carbons (Fsp3) is 0.167. The third kappa shape index (κ3) is 2.68. The monoisotopic (exact) mass is 282 g/mol. The second-order valence-corrected chi connectivity index (χ2v) is 5.50. The molecule has 0 heterocycles. The molecule has 0 aliphatic heterocycles. The summed E-state index contributed by atoms with van der Waals surface area (Å²) in [4.78, 5) is 12.6. The third-order valence-corrected chi connectivity index (χ3v) is 3.87. The Hall–Kier alpha value is -1.86. The lowest BCUT2D eigenvalue weighted by Crippen LogP contribution is -2.03. The minimum absolute atomic E-state index is 0.151. The first-order valence-corrected chi connectivity index (χ1v) is 7.20. The Labute approximate surface area is 123 Å². The third-order valence-electron chi connectivity index (χ3n) is 3.64. The molecule has 0 bridgehead atoms. The molecule has 0 spiro atoms.